The molecule has 1 saturated heterocycles. The Hall–Kier alpha value is -3.04. The van der Waals surface area contributed by atoms with Gasteiger partial charge in [0.05, 0.1) is 24.4 Å². The molecule has 1 aliphatic rings. The van der Waals surface area contributed by atoms with Crippen molar-refractivity contribution in [1.29, 1.82) is 5.26 Å². The van der Waals surface area contributed by atoms with Crippen LogP contribution in [0.5, 0.6) is 5.75 Å². The Balaban J connectivity index is 1.61. The molecule has 0 aromatic heterocycles. The molecule has 1 atom stereocenters. The molecule has 1 N–H and O–H groups in total. The third-order valence-corrected chi connectivity index (χ3v) is 5.18. The van der Waals surface area contributed by atoms with Gasteiger partial charge >= 0.3 is 0 Å². The monoisotopic (exact) mass is 378 g/mol. The van der Waals surface area contributed by atoms with Crippen molar-refractivity contribution in [3.63, 3.8) is 0 Å². The standard InChI is InChI=1S/C22H26N4O2/c1-17(22(27)24-19-8-10-20(28-2)11-9-19)25-12-5-13-26(15-14-25)21-7-4-3-6-18(21)16-23/h3-4,6-11,17H,5,12-15H2,1-2H3,(H,24,27)/t17-/m1/s1. The van der Waals surface area contributed by atoms with Crippen LogP contribution in [0.2, 0.25) is 0 Å². The molecule has 1 heterocycles. The Bertz CT molecular complexity index is 844. The van der Waals surface area contributed by atoms with Gasteiger partial charge in [-0.1, -0.05) is 12.1 Å². The first-order chi connectivity index (χ1) is 13.6. The summed E-state index contributed by atoms with van der Waals surface area (Å²) in [6.07, 6.45) is 0.944. The Labute approximate surface area is 166 Å². The third kappa shape index (κ3) is 4.62. The lowest BCUT2D eigenvalue weighted by Crippen LogP contribution is -2.44. The Morgan fingerprint density at radius 1 is 1.11 bits per heavy atom. The topological polar surface area (TPSA) is 68.6 Å². The first-order valence-corrected chi connectivity index (χ1v) is 9.55. The van der Waals surface area contributed by atoms with Crippen molar-refractivity contribution in [1.82, 2.24) is 4.90 Å². The molecule has 6 nitrogen and oxygen atoms in total. The SMILES string of the molecule is COc1ccc(NC(=O)[C@@H](C)N2CCCN(c3ccccc3C#N)CC2)cc1. The second kappa shape index (κ2) is 9.25. The highest BCUT2D eigenvalue weighted by Crippen LogP contribution is 2.22. The number of nitriles is 1. The van der Waals surface area contributed by atoms with E-state index in [0.717, 1.165) is 49.7 Å². The van der Waals surface area contributed by atoms with Gasteiger partial charge in [0, 0.05) is 31.9 Å². The molecule has 1 amide bonds. The maximum atomic E-state index is 12.7. The van der Waals surface area contributed by atoms with Crippen molar-refractivity contribution in [3.05, 3.63) is 54.1 Å². The molecule has 0 aliphatic carbocycles. The van der Waals surface area contributed by atoms with Crippen molar-refractivity contribution in [2.45, 2.75) is 19.4 Å². The predicted octanol–water partition coefficient (Wildman–Crippen LogP) is 3.11. The van der Waals surface area contributed by atoms with E-state index in [1.54, 1.807) is 7.11 Å². The van der Waals surface area contributed by atoms with Crippen LogP contribution in [0.4, 0.5) is 11.4 Å². The fourth-order valence-corrected chi connectivity index (χ4v) is 3.50. The maximum absolute atomic E-state index is 12.7. The van der Waals surface area contributed by atoms with E-state index >= 15 is 0 Å². The van der Waals surface area contributed by atoms with Crippen molar-refractivity contribution in [2.75, 3.05) is 43.5 Å². The number of nitrogens with zero attached hydrogens (tertiary/aromatic N) is 3. The average Bonchev–Trinajstić information content (AvgIpc) is 2.99. The second-order valence-electron chi connectivity index (χ2n) is 6.90. The normalized spacial score (nSPS) is 16.0. The summed E-state index contributed by atoms with van der Waals surface area (Å²) in [4.78, 5) is 17.1. The molecule has 0 spiro atoms. The van der Waals surface area contributed by atoms with Crippen LogP contribution in [0, 0.1) is 11.3 Å². The highest BCUT2D eigenvalue weighted by Gasteiger charge is 2.24. The molecule has 1 fully saturated rings. The number of amides is 1. The number of para-hydroxylation sites is 1. The molecule has 6 heteroatoms. The highest BCUT2D eigenvalue weighted by atomic mass is 16.5. The Morgan fingerprint density at radius 2 is 1.86 bits per heavy atom. The third-order valence-electron chi connectivity index (χ3n) is 5.18. The largest absolute Gasteiger partial charge is 0.497 e. The van der Waals surface area contributed by atoms with Crippen molar-refractivity contribution < 1.29 is 9.53 Å². The molecule has 146 valence electrons. The molecule has 0 saturated carbocycles. The van der Waals surface area contributed by atoms with E-state index in [0.29, 0.717) is 5.56 Å². The quantitative estimate of drug-likeness (QED) is 0.866. The molecule has 0 bridgehead atoms. The number of ether oxygens (including phenoxy) is 1. The van der Waals surface area contributed by atoms with Crippen LogP contribution in [0.1, 0.15) is 18.9 Å². The van der Waals surface area contributed by atoms with E-state index in [9.17, 15) is 10.1 Å². The number of hydrogen-bond acceptors (Lipinski definition) is 5. The number of benzene rings is 2. The van der Waals surface area contributed by atoms with Crippen LogP contribution in [0.25, 0.3) is 0 Å². The summed E-state index contributed by atoms with van der Waals surface area (Å²) in [6, 6.07) is 17.1. The van der Waals surface area contributed by atoms with Crippen LogP contribution in [-0.2, 0) is 4.79 Å². The van der Waals surface area contributed by atoms with Crippen LogP contribution in [0.3, 0.4) is 0 Å². The van der Waals surface area contributed by atoms with Gasteiger partial charge in [-0.05, 0) is 49.7 Å². The fraction of sp³-hybridized carbons (Fsp3) is 0.364. The minimum atomic E-state index is -0.228. The van der Waals surface area contributed by atoms with Crippen LogP contribution >= 0.6 is 0 Å². The van der Waals surface area contributed by atoms with Gasteiger partial charge in [0.1, 0.15) is 11.8 Å². The molecule has 1 aliphatic heterocycles. The zero-order valence-electron chi connectivity index (χ0n) is 16.4. The lowest BCUT2D eigenvalue weighted by atomic mass is 10.1. The van der Waals surface area contributed by atoms with Crippen molar-refractivity contribution in [3.8, 4) is 11.8 Å². The van der Waals surface area contributed by atoms with Crippen molar-refractivity contribution >= 4 is 17.3 Å². The second-order valence-corrected chi connectivity index (χ2v) is 6.90. The molecule has 3 rings (SSSR count). The summed E-state index contributed by atoms with van der Waals surface area (Å²) >= 11 is 0. The van der Waals surface area contributed by atoms with Gasteiger partial charge in [0.25, 0.3) is 0 Å². The average molecular weight is 378 g/mol. The summed E-state index contributed by atoms with van der Waals surface area (Å²) in [5.41, 5.74) is 2.43. The Kier molecular flexibility index (Phi) is 6.51. The zero-order valence-corrected chi connectivity index (χ0v) is 16.4. The minimum absolute atomic E-state index is 0.0176. The summed E-state index contributed by atoms with van der Waals surface area (Å²) < 4.78 is 5.15. The summed E-state index contributed by atoms with van der Waals surface area (Å²) in [5, 5.41) is 12.3. The molecule has 0 unspecified atom stereocenters. The van der Waals surface area contributed by atoms with Crippen LogP contribution < -0.4 is 15.0 Å². The molecular formula is C22H26N4O2. The number of anilines is 2. The predicted molar refractivity (Wildman–Crippen MR) is 111 cm³/mol. The van der Waals surface area contributed by atoms with Crippen molar-refractivity contribution in [2.24, 2.45) is 0 Å². The first kappa shape index (κ1) is 19.7. The smallest absolute Gasteiger partial charge is 0.241 e. The van der Waals surface area contributed by atoms with Crippen LogP contribution in [-0.4, -0.2) is 50.1 Å². The van der Waals surface area contributed by atoms with E-state index in [1.165, 1.54) is 0 Å². The molecule has 28 heavy (non-hydrogen) atoms. The lowest BCUT2D eigenvalue weighted by Gasteiger charge is -2.27. The van der Waals surface area contributed by atoms with E-state index in [1.807, 2.05) is 55.5 Å². The van der Waals surface area contributed by atoms with Crippen LogP contribution in [0.15, 0.2) is 48.5 Å². The summed E-state index contributed by atoms with van der Waals surface area (Å²) in [5.74, 6) is 0.743. The van der Waals surface area contributed by atoms with Gasteiger partial charge in [-0.25, -0.2) is 0 Å². The summed E-state index contributed by atoms with van der Waals surface area (Å²) in [6.45, 7) is 5.23. The number of nitrogens with one attached hydrogen (secondary N) is 1. The number of methoxy groups -OCH3 is 1. The maximum Gasteiger partial charge on any atom is 0.241 e. The molecule has 2 aromatic rings. The van der Waals surface area contributed by atoms with Gasteiger partial charge in [-0.2, -0.15) is 5.26 Å². The molecule has 0 radical (unpaired) electrons. The minimum Gasteiger partial charge on any atom is -0.497 e. The van der Waals surface area contributed by atoms with Gasteiger partial charge in [-0.3, -0.25) is 9.69 Å². The summed E-state index contributed by atoms with van der Waals surface area (Å²) in [7, 11) is 1.62. The lowest BCUT2D eigenvalue weighted by molar-refractivity contribution is -0.120. The fourth-order valence-electron chi connectivity index (χ4n) is 3.50. The highest BCUT2D eigenvalue weighted by molar-refractivity contribution is 5.94. The zero-order chi connectivity index (χ0) is 19.9. The molecule has 2 aromatic carbocycles. The van der Waals surface area contributed by atoms with E-state index < -0.39 is 0 Å². The number of carbonyl (C=O) groups is 1. The molecular weight excluding hydrogens is 352 g/mol. The van der Waals surface area contributed by atoms with E-state index in [-0.39, 0.29) is 11.9 Å². The van der Waals surface area contributed by atoms with Gasteiger partial charge in [-0.15, -0.1) is 0 Å². The van der Waals surface area contributed by atoms with Gasteiger partial charge in [0.2, 0.25) is 5.91 Å². The Morgan fingerprint density at radius 3 is 2.57 bits per heavy atom. The van der Waals surface area contributed by atoms with E-state index in [2.05, 4.69) is 21.2 Å². The first-order valence-electron chi connectivity index (χ1n) is 9.55. The number of hydrogen-bond donors (Lipinski definition) is 1. The van der Waals surface area contributed by atoms with Gasteiger partial charge < -0.3 is 15.0 Å². The number of rotatable bonds is 5. The van der Waals surface area contributed by atoms with E-state index in [4.69, 9.17) is 4.74 Å². The number of carbonyl (C=O) groups excluding carboxylic acids is 1. The van der Waals surface area contributed by atoms with Gasteiger partial charge in [0.15, 0.2) is 0 Å².